The van der Waals surface area contributed by atoms with Crippen LogP contribution in [0.15, 0.2) is 59.1 Å². The summed E-state index contributed by atoms with van der Waals surface area (Å²) in [6.45, 7) is 4.01. The topological polar surface area (TPSA) is 83.1 Å². The number of fused-ring (bicyclic) bond motifs is 1. The molecule has 3 N–H and O–H groups in total. The van der Waals surface area contributed by atoms with E-state index >= 15 is 0 Å². The van der Waals surface area contributed by atoms with Crippen LogP contribution in [0, 0.1) is 5.92 Å². The number of aromatic hydroxyl groups is 1. The molecule has 4 atom stereocenters. The molecule has 2 heterocycles. The Morgan fingerprint density at radius 1 is 1.17 bits per heavy atom. The van der Waals surface area contributed by atoms with Crippen molar-refractivity contribution >= 4 is 27.8 Å². The first kappa shape index (κ1) is 20.7. The standard InChI is InChI=1S/C22H24BrN3O4/c1-3-29-22(28)30-21-13(2)19(15-9-11-16(27)12-10-15)26-20(24-21)17(23)18(25-26)14-7-5-4-6-8-14/h4-13,19-21,24-25,27H,3H2,1-2H3. The largest absolute Gasteiger partial charge is 0.509 e. The van der Waals surface area contributed by atoms with Crippen molar-refractivity contribution in [2.24, 2.45) is 5.92 Å². The monoisotopic (exact) mass is 473 g/mol. The fourth-order valence-corrected chi connectivity index (χ4v) is 4.63. The van der Waals surface area contributed by atoms with Crippen LogP contribution in [0.5, 0.6) is 5.75 Å². The molecule has 7 nitrogen and oxygen atoms in total. The van der Waals surface area contributed by atoms with Gasteiger partial charge in [-0.15, -0.1) is 0 Å². The molecule has 4 unspecified atom stereocenters. The summed E-state index contributed by atoms with van der Waals surface area (Å²) in [7, 11) is 0. The summed E-state index contributed by atoms with van der Waals surface area (Å²) >= 11 is 3.74. The zero-order valence-corrected chi connectivity index (χ0v) is 18.3. The van der Waals surface area contributed by atoms with E-state index in [0.29, 0.717) is 0 Å². The Balaban J connectivity index is 1.70. The maximum atomic E-state index is 12.0. The summed E-state index contributed by atoms with van der Waals surface area (Å²) in [5.41, 5.74) is 6.50. The highest BCUT2D eigenvalue weighted by molar-refractivity contribution is 9.11. The molecule has 2 aromatic carbocycles. The smallest absolute Gasteiger partial charge is 0.508 e. The highest BCUT2D eigenvalue weighted by Crippen LogP contribution is 2.43. The van der Waals surface area contributed by atoms with Gasteiger partial charge < -0.3 is 20.0 Å². The molecule has 2 aliphatic heterocycles. The Morgan fingerprint density at radius 2 is 1.87 bits per heavy atom. The number of halogens is 1. The van der Waals surface area contributed by atoms with Gasteiger partial charge in [0.05, 0.1) is 22.8 Å². The van der Waals surface area contributed by atoms with Gasteiger partial charge in [-0.3, -0.25) is 5.32 Å². The molecule has 8 heteroatoms. The number of carbonyl (C=O) groups is 1. The third kappa shape index (κ3) is 3.90. The fraction of sp³-hybridized carbons (Fsp3) is 0.318. The molecule has 158 valence electrons. The second-order valence-corrected chi connectivity index (χ2v) is 8.15. The van der Waals surface area contributed by atoms with Gasteiger partial charge in [0.1, 0.15) is 11.9 Å². The number of phenolic OH excluding ortho intramolecular Hbond substituents is 1. The maximum Gasteiger partial charge on any atom is 0.509 e. The van der Waals surface area contributed by atoms with Crippen molar-refractivity contribution in [1.82, 2.24) is 15.8 Å². The van der Waals surface area contributed by atoms with Gasteiger partial charge in [-0.1, -0.05) is 65.3 Å². The minimum absolute atomic E-state index is 0.113. The number of phenols is 1. The van der Waals surface area contributed by atoms with Crippen LogP contribution in [0.3, 0.4) is 0 Å². The number of nitrogens with one attached hydrogen (secondary N) is 2. The van der Waals surface area contributed by atoms with E-state index in [9.17, 15) is 9.90 Å². The first-order chi connectivity index (χ1) is 14.5. The molecular weight excluding hydrogens is 450 g/mol. The Bertz CT molecular complexity index is 935. The lowest BCUT2D eigenvalue weighted by Gasteiger charge is -2.46. The van der Waals surface area contributed by atoms with Gasteiger partial charge in [0, 0.05) is 5.92 Å². The molecule has 2 aliphatic rings. The molecule has 30 heavy (non-hydrogen) atoms. The highest BCUT2D eigenvalue weighted by atomic mass is 79.9. The van der Waals surface area contributed by atoms with Crippen LogP contribution in [-0.4, -0.2) is 35.3 Å². The molecule has 0 spiro atoms. The van der Waals surface area contributed by atoms with Crippen molar-refractivity contribution in [2.75, 3.05) is 6.61 Å². The van der Waals surface area contributed by atoms with E-state index in [-0.39, 0.29) is 30.5 Å². The number of benzene rings is 2. The Kier molecular flexibility index (Phi) is 5.99. The van der Waals surface area contributed by atoms with Gasteiger partial charge in [-0.2, -0.15) is 5.01 Å². The van der Waals surface area contributed by atoms with Crippen LogP contribution in [0.2, 0.25) is 0 Å². The second kappa shape index (κ2) is 8.67. The summed E-state index contributed by atoms with van der Waals surface area (Å²) in [4.78, 5) is 12.0. The predicted molar refractivity (Wildman–Crippen MR) is 116 cm³/mol. The second-order valence-electron chi connectivity index (χ2n) is 7.29. The highest BCUT2D eigenvalue weighted by Gasteiger charge is 2.48. The minimum atomic E-state index is -0.700. The van der Waals surface area contributed by atoms with Gasteiger partial charge in [0.15, 0.2) is 6.23 Å². The number of nitrogens with zero attached hydrogens (tertiary/aromatic N) is 1. The van der Waals surface area contributed by atoms with E-state index in [1.54, 1.807) is 19.1 Å². The summed E-state index contributed by atoms with van der Waals surface area (Å²) in [5.74, 6) is 0.0907. The molecule has 2 aromatic rings. The SMILES string of the molecule is CCOC(=O)OC1NC2C(Br)=C(c3ccccc3)NN2C(c2ccc(O)cc2)C1C. The molecule has 0 bridgehead atoms. The Labute approximate surface area is 183 Å². The normalized spacial score (nSPS) is 26.1. The van der Waals surface area contributed by atoms with E-state index in [0.717, 1.165) is 21.3 Å². The van der Waals surface area contributed by atoms with Gasteiger partial charge in [-0.05, 0) is 30.2 Å². The maximum absolute atomic E-state index is 12.0. The number of hydrogen-bond donors (Lipinski definition) is 3. The van der Waals surface area contributed by atoms with Crippen molar-refractivity contribution < 1.29 is 19.4 Å². The number of rotatable bonds is 4. The third-order valence-electron chi connectivity index (χ3n) is 5.38. The molecule has 0 aliphatic carbocycles. The first-order valence-corrected chi connectivity index (χ1v) is 10.7. The molecule has 0 aromatic heterocycles. The van der Waals surface area contributed by atoms with Crippen LogP contribution >= 0.6 is 15.9 Å². The van der Waals surface area contributed by atoms with Crippen LogP contribution in [0.4, 0.5) is 4.79 Å². The first-order valence-electron chi connectivity index (χ1n) is 9.88. The molecule has 0 radical (unpaired) electrons. The van der Waals surface area contributed by atoms with Crippen molar-refractivity contribution in [3.63, 3.8) is 0 Å². The van der Waals surface area contributed by atoms with E-state index in [4.69, 9.17) is 9.47 Å². The number of carbonyl (C=O) groups excluding carboxylic acids is 1. The van der Waals surface area contributed by atoms with Crippen LogP contribution in [-0.2, 0) is 9.47 Å². The lowest BCUT2D eigenvalue weighted by Crippen LogP contribution is -2.62. The van der Waals surface area contributed by atoms with E-state index < -0.39 is 12.4 Å². The molecule has 0 saturated carbocycles. The Hall–Kier alpha value is -2.55. The van der Waals surface area contributed by atoms with E-state index in [1.165, 1.54) is 0 Å². The van der Waals surface area contributed by atoms with Crippen LogP contribution in [0.25, 0.3) is 5.70 Å². The summed E-state index contributed by atoms with van der Waals surface area (Å²) in [6, 6.07) is 17.0. The Morgan fingerprint density at radius 3 is 2.53 bits per heavy atom. The fourth-order valence-electron chi connectivity index (χ4n) is 3.96. The predicted octanol–water partition coefficient (Wildman–Crippen LogP) is 4.08. The minimum Gasteiger partial charge on any atom is -0.508 e. The molecule has 1 saturated heterocycles. The van der Waals surface area contributed by atoms with Crippen LogP contribution in [0.1, 0.15) is 31.0 Å². The number of ether oxygens (including phenoxy) is 2. The summed E-state index contributed by atoms with van der Waals surface area (Å²) < 4.78 is 11.5. The van der Waals surface area contributed by atoms with Gasteiger partial charge in [0.2, 0.25) is 0 Å². The third-order valence-corrected chi connectivity index (χ3v) is 6.21. The number of hydrogen-bond acceptors (Lipinski definition) is 7. The van der Waals surface area contributed by atoms with Gasteiger partial charge in [-0.25, -0.2) is 4.79 Å². The molecule has 0 amide bonds. The zero-order chi connectivity index (χ0) is 21.3. The molecular formula is C22H24BrN3O4. The lowest BCUT2D eigenvalue weighted by atomic mass is 9.90. The average Bonchev–Trinajstić information content (AvgIpc) is 3.06. The van der Waals surface area contributed by atoms with Crippen molar-refractivity contribution in [1.29, 1.82) is 0 Å². The van der Waals surface area contributed by atoms with Crippen molar-refractivity contribution in [3.05, 3.63) is 70.2 Å². The number of hydrazine groups is 1. The average molecular weight is 474 g/mol. The van der Waals surface area contributed by atoms with E-state index in [2.05, 4.69) is 31.7 Å². The van der Waals surface area contributed by atoms with Crippen molar-refractivity contribution in [2.45, 2.75) is 32.3 Å². The van der Waals surface area contributed by atoms with Crippen molar-refractivity contribution in [3.8, 4) is 5.75 Å². The zero-order valence-electron chi connectivity index (χ0n) is 16.7. The molecule has 4 rings (SSSR count). The lowest BCUT2D eigenvalue weighted by molar-refractivity contribution is -0.0877. The quantitative estimate of drug-likeness (QED) is 0.576. The van der Waals surface area contributed by atoms with Gasteiger partial charge in [0.25, 0.3) is 0 Å². The summed E-state index contributed by atoms with van der Waals surface area (Å²) in [5, 5.41) is 15.2. The summed E-state index contributed by atoms with van der Waals surface area (Å²) in [6.07, 6.45) is -1.52. The van der Waals surface area contributed by atoms with E-state index in [1.807, 2.05) is 49.4 Å². The van der Waals surface area contributed by atoms with Crippen LogP contribution < -0.4 is 10.7 Å². The molecule has 1 fully saturated rings. The van der Waals surface area contributed by atoms with Gasteiger partial charge >= 0.3 is 6.16 Å².